The molecule has 1 aromatic rings. The number of nitrogens with two attached hydrogens (primary N) is 1. The Balaban J connectivity index is 2.11. The number of hydrogen-bond donors (Lipinski definition) is 1. The number of aryl methyl sites for hydroxylation is 1. The molecular weight excluding hydrogens is 228 g/mol. The molecule has 5 nitrogen and oxygen atoms in total. The predicted molar refractivity (Wildman–Crippen MR) is 71.1 cm³/mol. The largest absolute Gasteiger partial charge is 0.383 e. The van der Waals surface area contributed by atoms with E-state index < -0.39 is 0 Å². The van der Waals surface area contributed by atoms with Gasteiger partial charge in [-0.1, -0.05) is 20.8 Å². The molecule has 1 aliphatic heterocycles. The highest BCUT2D eigenvalue weighted by Crippen LogP contribution is 2.34. The van der Waals surface area contributed by atoms with Gasteiger partial charge in [0, 0.05) is 20.1 Å². The molecule has 1 aliphatic rings. The van der Waals surface area contributed by atoms with Crippen LogP contribution >= 0.6 is 0 Å². The molecule has 0 spiro atoms. The van der Waals surface area contributed by atoms with Crippen LogP contribution < -0.4 is 5.73 Å². The van der Waals surface area contributed by atoms with Crippen molar-refractivity contribution in [1.82, 2.24) is 14.7 Å². The standard InChI is InChI=1S/C13H22N4O/c1-13(2,3)9-5-6-17(8-9)12(18)10-7-15-16(4)11(10)14/h7,9H,5-6,8,14H2,1-4H3. The van der Waals surface area contributed by atoms with E-state index in [4.69, 9.17) is 5.73 Å². The van der Waals surface area contributed by atoms with Gasteiger partial charge in [-0.05, 0) is 17.8 Å². The normalized spacial score (nSPS) is 20.4. The summed E-state index contributed by atoms with van der Waals surface area (Å²) in [6.45, 7) is 8.31. The van der Waals surface area contributed by atoms with Crippen molar-refractivity contribution in [3.8, 4) is 0 Å². The molecule has 0 aromatic carbocycles. The average molecular weight is 250 g/mol. The van der Waals surface area contributed by atoms with Crippen molar-refractivity contribution < 1.29 is 4.79 Å². The maximum absolute atomic E-state index is 12.3. The van der Waals surface area contributed by atoms with E-state index in [1.807, 2.05) is 4.90 Å². The van der Waals surface area contributed by atoms with Crippen molar-refractivity contribution in [3.05, 3.63) is 11.8 Å². The lowest BCUT2D eigenvalue weighted by molar-refractivity contribution is 0.0777. The summed E-state index contributed by atoms with van der Waals surface area (Å²) in [6, 6.07) is 0. The highest BCUT2D eigenvalue weighted by atomic mass is 16.2. The lowest BCUT2D eigenvalue weighted by Gasteiger charge is -2.26. The van der Waals surface area contributed by atoms with Crippen LogP contribution in [-0.4, -0.2) is 33.7 Å². The number of likely N-dealkylation sites (tertiary alicyclic amines) is 1. The molecular formula is C13H22N4O. The van der Waals surface area contributed by atoms with Crippen LogP contribution in [0.25, 0.3) is 0 Å². The third kappa shape index (κ3) is 2.21. The van der Waals surface area contributed by atoms with E-state index in [9.17, 15) is 4.79 Å². The van der Waals surface area contributed by atoms with Crippen molar-refractivity contribution in [2.24, 2.45) is 18.4 Å². The molecule has 0 bridgehead atoms. The number of amides is 1. The van der Waals surface area contributed by atoms with Crippen LogP contribution in [0.5, 0.6) is 0 Å². The maximum Gasteiger partial charge on any atom is 0.259 e. The number of carbonyl (C=O) groups is 1. The minimum absolute atomic E-state index is 0.00681. The Morgan fingerprint density at radius 2 is 2.17 bits per heavy atom. The molecule has 1 atom stereocenters. The number of carbonyl (C=O) groups excluding carboxylic acids is 1. The lowest BCUT2D eigenvalue weighted by Crippen LogP contribution is -2.31. The Morgan fingerprint density at radius 1 is 1.50 bits per heavy atom. The van der Waals surface area contributed by atoms with E-state index in [0.717, 1.165) is 19.5 Å². The molecule has 0 radical (unpaired) electrons. The van der Waals surface area contributed by atoms with Crippen molar-refractivity contribution in [1.29, 1.82) is 0 Å². The van der Waals surface area contributed by atoms with Crippen molar-refractivity contribution in [3.63, 3.8) is 0 Å². The number of aromatic nitrogens is 2. The fourth-order valence-electron chi connectivity index (χ4n) is 2.43. The van der Waals surface area contributed by atoms with Gasteiger partial charge in [-0.15, -0.1) is 0 Å². The molecule has 1 unspecified atom stereocenters. The third-order valence-electron chi connectivity index (χ3n) is 3.92. The Labute approximate surface area is 108 Å². The third-order valence-corrected chi connectivity index (χ3v) is 3.92. The smallest absolute Gasteiger partial charge is 0.259 e. The first-order chi connectivity index (χ1) is 8.30. The van der Waals surface area contributed by atoms with Crippen LogP contribution in [0.3, 0.4) is 0 Å². The topological polar surface area (TPSA) is 64.2 Å². The van der Waals surface area contributed by atoms with Crippen molar-refractivity contribution >= 4 is 11.7 Å². The number of rotatable bonds is 1. The van der Waals surface area contributed by atoms with E-state index in [0.29, 0.717) is 17.3 Å². The summed E-state index contributed by atoms with van der Waals surface area (Å²) < 4.78 is 1.53. The molecule has 1 saturated heterocycles. The first-order valence-electron chi connectivity index (χ1n) is 6.37. The van der Waals surface area contributed by atoms with Gasteiger partial charge in [-0.2, -0.15) is 5.10 Å². The van der Waals surface area contributed by atoms with Crippen molar-refractivity contribution in [2.75, 3.05) is 18.8 Å². The Kier molecular flexibility index (Phi) is 3.09. The summed E-state index contributed by atoms with van der Waals surface area (Å²) in [4.78, 5) is 14.2. The molecule has 100 valence electrons. The minimum atomic E-state index is 0.00681. The first kappa shape index (κ1) is 12.9. The first-order valence-corrected chi connectivity index (χ1v) is 6.37. The fourth-order valence-corrected chi connectivity index (χ4v) is 2.43. The van der Waals surface area contributed by atoms with E-state index in [1.54, 1.807) is 13.2 Å². The van der Waals surface area contributed by atoms with Crippen LogP contribution in [0.4, 0.5) is 5.82 Å². The molecule has 18 heavy (non-hydrogen) atoms. The minimum Gasteiger partial charge on any atom is -0.383 e. The van der Waals surface area contributed by atoms with E-state index in [2.05, 4.69) is 25.9 Å². The molecule has 0 aliphatic carbocycles. The average Bonchev–Trinajstić information content (AvgIpc) is 2.86. The zero-order chi connectivity index (χ0) is 13.5. The summed E-state index contributed by atoms with van der Waals surface area (Å²) in [5.74, 6) is 1.01. The van der Waals surface area contributed by atoms with Gasteiger partial charge in [0.15, 0.2) is 0 Å². The molecule has 2 rings (SSSR count). The van der Waals surface area contributed by atoms with Gasteiger partial charge in [-0.25, -0.2) is 0 Å². The highest BCUT2D eigenvalue weighted by molar-refractivity contribution is 5.98. The molecule has 2 heterocycles. The van der Waals surface area contributed by atoms with Crippen LogP contribution in [0.15, 0.2) is 6.20 Å². The second kappa shape index (κ2) is 4.30. The maximum atomic E-state index is 12.3. The van der Waals surface area contributed by atoms with Crippen LogP contribution in [0, 0.1) is 11.3 Å². The zero-order valence-electron chi connectivity index (χ0n) is 11.6. The van der Waals surface area contributed by atoms with Crippen molar-refractivity contribution in [2.45, 2.75) is 27.2 Å². The molecule has 5 heteroatoms. The zero-order valence-corrected chi connectivity index (χ0v) is 11.6. The van der Waals surface area contributed by atoms with E-state index in [-0.39, 0.29) is 11.3 Å². The van der Waals surface area contributed by atoms with Gasteiger partial charge in [0.25, 0.3) is 5.91 Å². The van der Waals surface area contributed by atoms with Gasteiger partial charge >= 0.3 is 0 Å². The monoisotopic (exact) mass is 250 g/mol. The Bertz CT molecular complexity index is 458. The molecule has 2 N–H and O–H groups in total. The number of nitrogen functional groups attached to an aromatic ring is 1. The highest BCUT2D eigenvalue weighted by Gasteiger charge is 2.34. The van der Waals surface area contributed by atoms with Gasteiger partial charge in [-0.3, -0.25) is 9.48 Å². The number of nitrogens with zero attached hydrogens (tertiary/aromatic N) is 3. The van der Waals surface area contributed by atoms with Gasteiger partial charge < -0.3 is 10.6 Å². The van der Waals surface area contributed by atoms with E-state index in [1.165, 1.54) is 4.68 Å². The van der Waals surface area contributed by atoms with Crippen LogP contribution in [0.1, 0.15) is 37.6 Å². The summed E-state index contributed by atoms with van der Waals surface area (Å²) in [5.41, 5.74) is 6.61. The Hall–Kier alpha value is -1.52. The SMILES string of the molecule is Cn1ncc(C(=O)N2CCC(C(C)(C)C)C2)c1N. The van der Waals surface area contributed by atoms with Crippen LogP contribution in [-0.2, 0) is 7.05 Å². The van der Waals surface area contributed by atoms with Crippen LogP contribution in [0.2, 0.25) is 0 Å². The molecule has 1 aromatic heterocycles. The van der Waals surface area contributed by atoms with Gasteiger partial charge in [0.1, 0.15) is 11.4 Å². The summed E-state index contributed by atoms with van der Waals surface area (Å²) in [5, 5.41) is 4.02. The summed E-state index contributed by atoms with van der Waals surface area (Å²) in [7, 11) is 1.74. The van der Waals surface area contributed by atoms with Gasteiger partial charge in [0.05, 0.1) is 6.20 Å². The summed E-state index contributed by atoms with van der Waals surface area (Å²) >= 11 is 0. The molecule has 0 saturated carbocycles. The number of anilines is 1. The predicted octanol–water partition coefficient (Wildman–Crippen LogP) is 1.51. The molecule has 1 amide bonds. The second-order valence-corrected chi connectivity index (χ2v) is 6.17. The quantitative estimate of drug-likeness (QED) is 0.821. The number of hydrogen-bond acceptors (Lipinski definition) is 3. The van der Waals surface area contributed by atoms with Gasteiger partial charge in [0.2, 0.25) is 0 Å². The summed E-state index contributed by atoms with van der Waals surface area (Å²) in [6.07, 6.45) is 2.62. The van der Waals surface area contributed by atoms with E-state index >= 15 is 0 Å². The second-order valence-electron chi connectivity index (χ2n) is 6.17. The lowest BCUT2D eigenvalue weighted by atomic mass is 9.80. The molecule has 1 fully saturated rings. The fraction of sp³-hybridized carbons (Fsp3) is 0.692. The Morgan fingerprint density at radius 3 is 2.61 bits per heavy atom.